The molecule has 0 radical (unpaired) electrons. The first-order valence-electron chi connectivity index (χ1n) is 7.35. The summed E-state index contributed by atoms with van der Waals surface area (Å²) in [5, 5.41) is 9.83. The molecule has 0 bridgehead atoms. The average molecular weight is 338 g/mol. The van der Waals surface area contributed by atoms with Gasteiger partial charge in [0, 0.05) is 10.9 Å². The molecule has 0 unspecified atom stereocenters. The topological polar surface area (TPSA) is 127 Å². The summed E-state index contributed by atoms with van der Waals surface area (Å²) in [6.07, 6.45) is 1.62. The molecule has 3 rings (SSSR count). The van der Waals surface area contributed by atoms with Gasteiger partial charge in [-0.15, -0.1) is 0 Å². The molecule has 0 aliphatic carbocycles. The third-order valence-electron chi connectivity index (χ3n) is 3.45. The first-order valence-corrected chi connectivity index (χ1v) is 7.35. The van der Waals surface area contributed by atoms with Crippen LogP contribution in [0.25, 0.3) is 10.9 Å². The van der Waals surface area contributed by atoms with Gasteiger partial charge in [-0.05, 0) is 30.3 Å². The van der Waals surface area contributed by atoms with Gasteiger partial charge in [0.15, 0.2) is 0 Å². The fourth-order valence-electron chi connectivity index (χ4n) is 2.24. The van der Waals surface area contributed by atoms with Gasteiger partial charge in [0.25, 0.3) is 5.91 Å². The van der Waals surface area contributed by atoms with Crippen LogP contribution in [0.1, 0.15) is 20.7 Å². The van der Waals surface area contributed by atoms with E-state index in [2.05, 4.69) is 15.5 Å². The van der Waals surface area contributed by atoms with Crippen molar-refractivity contribution in [1.82, 2.24) is 15.5 Å². The first-order chi connectivity index (χ1) is 12.0. The van der Waals surface area contributed by atoms with Crippen molar-refractivity contribution in [3.63, 3.8) is 0 Å². The lowest BCUT2D eigenvalue weighted by Gasteiger charge is -2.07. The van der Waals surface area contributed by atoms with E-state index in [1.165, 1.54) is 24.3 Å². The molecular weight excluding hydrogens is 324 g/mol. The maximum atomic E-state index is 12.3. The summed E-state index contributed by atoms with van der Waals surface area (Å²) < 4.78 is 5.32. The maximum Gasteiger partial charge on any atom is 0.345 e. The summed E-state index contributed by atoms with van der Waals surface area (Å²) in [5.41, 5.74) is 6.24. The lowest BCUT2D eigenvalue weighted by atomic mass is 10.1. The fourth-order valence-corrected chi connectivity index (χ4v) is 2.24. The second-order valence-corrected chi connectivity index (χ2v) is 5.20. The van der Waals surface area contributed by atoms with Crippen LogP contribution in [-0.2, 0) is 4.79 Å². The lowest BCUT2D eigenvalue weighted by molar-refractivity contribution is -0.117. The predicted octanol–water partition coefficient (Wildman–Crippen LogP) is 0.997. The van der Waals surface area contributed by atoms with E-state index < -0.39 is 17.8 Å². The molecule has 0 saturated carbocycles. The summed E-state index contributed by atoms with van der Waals surface area (Å²) in [7, 11) is 0. The highest BCUT2D eigenvalue weighted by Crippen LogP contribution is 2.19. The van der Waals surface area contributed by atoms with Crippen molar-refractivity contribution < 1.29 is 19.1 Å². The number of nitrogens with two attached hydrogens (primary N) is 1. The van der Waals surface area contributed by atoms with Gasteiger partial charge in [0.1, 0.15) is 5.75 Å². The number of ether oxygens (including phenoxy) is 1. The number of benzene rings is 2. The number of esters is 1. The highest BCUT2D eigenvalue weighted by Gasteiger charge is 2.14. The second-order valence-electron chi connectivity index (χ2n) is 5.20. The van der Waals surface area contributed by atoms with Crippen LogP contribution < -0.4 is 15.8 Å². The van der Waals surface area contributed by atoms with Gasteiger partial charge in [-0.2, -0.15) is 5.10 Å². The van der Waals surface area contributed by atoms with E-state index in [0.717, 1.165) is 5.39 Å². The third-order valence-corrected chi connectivity index (χ3v) is 3.45. The van der Waals surface area contributed by atoms with Crippen LogP contribution >= 0.6 is 0 Å². The molecule has 0 fully saturated rings. The molecule has 0 aliphatic heterocycles. The number of rotatable bonds is 5. The van der Waals surface area contributed by atoms with Crippen LogP contribution in [0.4, 0.5) is 0 Å². The van der Waals surface area contributed by atoms with Crippen molar-refractivity contribution in [1.29, 1.82) is 0 Å². The molecule has 3 aromatic rings. The molecule has 1 aromatic heterocycles. The Labute approximate surface area is 142 Å². The molecule has 126 valence electrons. The van der Waals surface area contributed by atoms with Crippen molar-refractivity contribution in [2.24, 2.45) is 5.73 Å². The van der Waals surface area contributed by atoms with E-state index in [1.54, 1.807) is 18.3 Å². The minimum atomic E-state index is -0.633. The third kappa shape index (κ3) is 3.63. The molecular formula is C17H14N4O4. The Kier molecular flexibility index (Phi) is 4.42. The van der Waals surface area contributed by atoms with E-state index in [9.17, 15) is 14.4 Å². The van der Waals surface area contributed by atoms with Crippen LogP contribution in [0.2, 0.25) is 0 Å². The number of H-pyrrole nitrogens is 1. The van der Waals surface area contributed by atoms with Crippen LogP contribution in [0.3, 0.4) is 0 Å². The number of amides is 2. The Balaban J connectivity index is 1.71. The standard InChI is InChI=1S/C17H14N4O4/c18-14(22)9-19-16(23)10-4-6-12(7-5-10)25-17(24)13-3-1-2-11-8-20-21-15(11)13/h1-8H,9H2,(H2,18,22)(H,19,23)(H,20,21). The van der Waals surface area contributed by atoms with Crippen molar-refractivity contribution in [2.45, 2.75) is 0 Å². The number of nitrogens with zero attached hydrogens (tertiary/aromatic N) is 1. The van der Waals surface area contributed by atoms with Gasteiger partial charge in [0.05, 0.1) is 23.8 Å². The summed E-state index contributed by atoms with van der Waals surface area (Å²) in [4.78, 5) is 34.8. The molecule has 8 nitrogen and oxygen atoms in total. The van der Waals surface area contributed by atoms with Crippen molar-refractivity contribution >= 4 is 28.7 Å². The molecule has 0 aliphatic rings. The van der Waals surface area contributed by atoms with Gasteiger partial charge in [-0.3, -0.25) is 14.7 Å². The molecule has 0 atom stereocenters. The Morgan fingerprint density at radius 3 is 2.60 bits per heavy atom. The number of fused-ring (bicyclic) bond motifs is 1. The minimum Gasteiger partial charge on any atom is -0.423 e. The monoisotopic (exact) mass is 338 g/mol. The number of carbonyl (C=O) groups is 3. The molecule has 25 heavy (non-hydrogen) atoms. The minimum absolute atomic E-state index is 0.246. The van der Waals surface area contributed by atoms with Crippen molar-refractivity contribution in [2.75, 3.05) is 6.54 Å². The number of primary amides is 1. The Bertz CT molecular complexity index is 947. The summed E-state index contributed by atoms with van der Waals surface area (Å²) >= 11 is 0. The predicted molar refractivity (Wildman–Crippen MR) is 89.0 cm³/mol. The second kappa shape index (κ2) is 6.83. The Morgan fingerprint density at radius 1 is 1.12 bits per heavy atom. The van der Waals surface area contributed by atoms with Crippen molar-refractivity contribution in [3.8, 4) is 5.75 Å². The molecule has 2 amide bonds. The number of aromatic amines is 1. The van der Waals surface area contributed by atoms with E-state index in [1.807, 2.05) is 6.07 Å². The summed E-state index contributed by atoms with van der Waals surface area (Å²) in [5.74, 6) is -1.33. The molecule has 1 heterocycles. The van der Waals surface area contributed by atoms with E-state index in [4.69, 9.17) is 10.5 Å². The normalized spacial score (nSPS) is 10.4. The van der Waals surface area contributed by atoms with Gasteiger partial charge >= 0.3 is 5.97 Å². The van der Waals surface area contributed by atoms with Crippen LogP contribution in [-0.4, -0.2) is 34.5 Å². The number of nitrogens with one attached hydrogen (secondary N) is 2. The number of para-hydroxylation sites is 1. The van der Waals surface area contributed by atoms with Crippen LogP contribution in [0.15, 0.2) is 48.7 Å². The average Bonchev–Trinajstić information content (AvgIpc) is 3.08. The first kappa shape index (κ1) is 16.2. The molecule has 8 heteroatoms. The fraction of sp³-hybridized carbons (Fsp3) is 0.0588. The van der Waals surface area contributed by atoms with Crippen molar-refractivity contribution in [3.05, 3.63) is 59.8 Å². The Morgan fingerprint density at radius 2 is 1.88 bits per heavy atom. The van der Waals surface area contributed by atoms with Crippen LogP contribution in [0, 0.1) is 0 Å². The quantitative estimate of drug-likeness (QED) is 0.472. The summed E-state index contributed by atoms with van der Waals surface area (Å²) in [6.45, 7) is -0.246. The zero-order chi connectivity index (χ0) is 17.8. The number of carbonyl (C=O) groups excluding carboxylic acids is 3. The lowest BCUT2D eigenvalue weighted by Crippen LogP contribution is -2.33. The molecule has 2 aromatic carbocycles. The highest BCUT2D eigenvalue weighted by molar-refractivity contribution is 6.03. The SMILES string of the molecule is NC(=O)CNC(=O)c1ccc(OC(=O)c2cccc3cn[nH]c23)cc1. The Hall–Kier alpha value is -3.68. The van der Waals surface area contributed by atoms with Gasteiger partial charge in [-0.25, -0.2) is 4.79 Å². The van der Waals surface area contributed by atoms with E-state index >= 15 is 0 Å². The highest BCUT2D eigenvalue weighted by atomic mass is 16.5. The van der Waals surface area contributed by atoms with E-state index in [-0.39, 0.29) is 12.3 Å². The van der Waals surface area contributed by atoms with Crippen LogP contribution in [0.5, 0.6) is 5.75 Å². The number of aromatic nitrogens is 2. The smallest absolute Gasteiger partial charge is 0.345 e. The summed E-state index contributed by atoms with van der Waals surface area (Å²) in [6, 6.07) is 11.1. The van der Waals surface area contributed by atoms with Gasteiger partial charge in [-0.1, -0.05) is 12.1 Å². The number of hydrogen-bond donors (Lipinski definition) is 3. The molecule has 0 saturated heterocycles. The maximum absolute atomic E-state index is 12.3. The zero-order valence-corrected chi connectivity index (χ0v) is 13.0. The van der Waals surface area contributed by atoms with E-state index in [0.29, 0.717) is 16.6 Å². The molecule has 4 N–H and O–H groups in total. The zero-order valence-electron chi connectivity index (χ0n) is 13.0. The largest absolute Gasteiger partial charge is 0.423 e. The van der Waals surface area contributed by atoms with Gasteiger partial charge < -0.3 is 15.8 Å². The van der Waals surface area contributed by atoms with Gasteiger partial charge in [0.2, 0.25) is 5.91 Å². The molecule has 0 spiro atoms. The number of hydrogen-bond acceptors (Lipinski definition) is 5.